The highest BCUT2D eigenvalue weighted by molar-refractivity contribution is 7.89. The second-order valence-electron chi connectivity index (χ2n) is 6.04. The first-order valence-corrected chi connectivity index (χ1v) is 10.4. The van der Waals surface area contributed by atoms with E-state index in [2.05, 4.69) is 9.88 Å². The fourth-order valence-electron chi connectivity index (χ4n) is 2.96. The van der Waals surface area contributed by atoms with Gasteiger partial charge in [-0.3, -0.25) is 4.90 Å². The average Bonchev–Trinajstić information content (AvgIpc) is 2.64. The quantitative estimate of drug-likeness (QED) is 0.703. The number of rotatable bonds is 6. The maximum atomic E-state index is 12.7. The molecule has 0 saturated carbocycles. The van der Waals surface area contributed by atoms with E-state index in [1.165, 1.54) is 22.6 Å². The Hall–Kier alpha value is -1.67. The van der Waals surface area contributed by atoms with Crippen molar-refractivity contribution in [2.75, 3.05) is 32.8 Å². The summed E-state index contributed by atoms with van der Waals surface area (Å²) in [7, 11) is -3.53. The molecule has 1 saturated heterocycles. The second-order valence-corrected chi connectivity index (χ2v) is 8.36. The van der Waals surface area contributed by atoms with Crippen molar-refractivity contribution in [1.82, 2.24) is 14.2 Å². The van der Waals surface area contributed by atoms with Crippen LogP contribution in [0.2, 0.25) is 5.15 Å². The molecule has 1 aliphatic heterocycles. The van der Waals surface area contributed by atoms with E-state index in [9.17, 15) is 8.42 Å². The van der Waals surface area contributed by atoms with Gasteiger partial charge >= 0.3 is 0 Å². The van der Waals surface area contributed by atoms with Crippen molar-refractivity contribution < 1.29 is 13.2 Å². The molecule has 6 nitrogen and oxygen atoms in total. The lowest BCUT2D eigenvalue weighted by Crippen LogP contribution is -2.48. The molecular weight excluding hydrogens is 374 g/mol. The Kier molecular flexibility index (Phi) is 6.13. The second kappa shape index (κ2) is 8.35. The van der Waals surface area contributed by atoms with Gasteiger partial charge < -0.3 is 4.74 Å². The number of ether oxygens (including phenoxy) is 1. The Bertz CT molecular complexity index is 835. The van der Waals surface area contributed by atoms with Gasteiger partial charge in [0.2, 0.25) is 10.0 Å². The van der Waals surface area contributed by atoms with Crippen LogP contribution in [0, 0.1) is 0 Å². The molecule has 1 aliphatic rings. The number of aromatic nitrogens is 1. The maximum absolute atomic E-state index is 12.7. The van der Waals surface area contributed by atoms with Crippen molar-refractivity contribution in [1.29, 1.82) is 0 Å². The van der Waals surface area contributed by atoms with Crippen LogP contribution >= 0.6 is 11.6 Å². The molecule has 26 heavy (non-hydrogen) atoms. The standard InChI is InChI=1S/C18H22ClN3O3S/c1-2-25-17-6-4-3-5-15(17)14-21-9-11-22(12-10-21)26(23,24)16-7-8-18(19)20-13-16/h3-8,13H,2,9-12,14H2,1H3. The molecule has 2 heterocycles. The Morgan fingerprint density at radius 1 is 1.12 bits per heavy atom. The smallest absolute Gasteiger partial charge is 0.244 e. The first-order valence-electron chi connectivity index (χ1n) is 8.55. The van der Waals surface area contributed by atoms with Crippen LogP contribution in [0.5, 0.6) is 5.75 Å². The molecule has 3 rings (SSSR count). The molecule has 140 valence electrons. The fourth-order valence-corrected chi connectivity index (χ4v) is 4.44. The van der Waals surface area contributed by atoms with Crippen LogP contribution in [0.1, 0.15) is 12.5 Å². The molecule has 1 fully saturated rings. The summed E-state index contributed by atoms with van der Waals surface area (Å²) in [6.07, 6.45) is 1.31. The van der Waals surface area contributed by atoms with Gasteiger partial charge in [0.05, 0.1) is 6.61 Å². The zero-order valence-electron chi connectivity index (χ0n) is 14.6. The van der Waals surface area contributed by atoms with Crippen LogP contribution in [-0.4, -0.2) is 55.4 Å². The number of halogens is 1. The van der Waals surface area contributed by atoms with Crippen LogP contribution in [0.15, 0.2) is 47.5 Å². The lowest BCUT2D eigenvalue weighted by molar-refractivity contribution is 0.179. The largest absolute Gasteiger partial charge is 0.494 e. The van der Waals surface area contributed by atoms with Gasteiger partial charge in [-0.1, -0.05) is 29.8 Å². The minimum atomic E-state index is -3.53. The minimum Gasteiger partial charge on any atom is -0.494 e. The lowest BCUT2D eigenvalue weighted by Gasteiger charge is -2.34. The first-order chi connectivity index (χ1) is 12.5. The number of hydrogen-bond donors (Lipinski definition) is 0. The molecular formula is C18H22ClN3O3S. The van der Waals surface area contributed by atoms with Crippen molar-refractivity contribution in [3.63, 3.8) is 0 Å². The summed E-state index contributed by atoms with van der Waals surface area (Å²) >= 11 is 5.74. The summed E-state index contributed by atoms with van der Waals surface area (Å²) in [6.45, 7) is 5.56. The number of pyridine rings is 1. The SMILES string of the molecule is CCOc1ccccc1CN1CCN(S(=O)(=O)c2ccc(Cl)nc2)CC1. The monoisotopic (exact) mass is 395 g/mol. The van der Waals surface area contributed by atoms with E-state index < -0.39 is 10.0 Å². The van der Waals surface area contributed by atoms with Crippen LogP contribution in [-0.2, 0) is 16.6 Å². The molecule has 0 unspecified atom stereocenters. The molecule has 2 aromatic rings. The van der Waals surface area contributed by atoms with E-state index in [0.29, 0.717) is 32.8 Å². The van der Waals surface area contributed by atoms with E-state index in [1.54, 1.807) is 0 Å². The molecule has 0 aliphatic carbocycles. The van der Waals surface area contributed by atoms with Gasteiger partial charge in [-0.15, -0.1) is 0 Å². The summed E-state index contributed by atoms with van der Waals surface area (Å²) in [6, 6.07) is 11.0. The van der Waals surface area contributed by atoms with Gasteiger partial charge in [-0.25, -0.2) is 13.4 Å². The maximum Gasteiger partial charge on any atom is 0.244 e. The number of para-hydroxylation sites is 1. The molecule has 1 aromatic heterocycles. The van der Waals surface area contributed by atoms with E-state index in [4.69, 9.17) is 16.3 Å². The van der Waals surface area contributed by atoms with Crippen molar-refractivity contribution >= 4 is 21.6 Å². The molecule has 0 radical (unpaired) electrons. The summed E-state index contributed by atoms with van der Waals surface area (Å²) < 4.78 is 32.6. The zero-order valence-corrected chi connectivity index (χ0v) is 16.2. The van der Waals surface area contributed by atoms with Crippen molar-refractivity contribution in [3.8, 4) is 5.75 Å². The van der Waals surface area contributed by atoms with Crippen LogP contribution < -0.4 is 4.74 Å². The molecule has 0 spiro atoms. The normalized spacial score (nSPS) is 16.5. The van der Waals surface area contributed by atoms with Gasteiger partial charge in [0.25, 0.3) is 0 Å². The predicted octanol–water partition coefficient (Wildman–Crippen LogP) is 2.64. The Labute approximate surface area is 159 Å². The van der Waals surface area contributed by atoms with Crippen LogP contribution in [0.25, 0.3) is 0 Å². The third kappa shape index (κ3) is 4.35. The van der Waals surface area contributed by atoms with Gasteiger partial charge in [0.1, 0.15) is 15.8 Å². The third-order valence-electron chi connectivity index (χ3n) is 4.34. The van der Waals surface area contributed by atoms with Gasteiger partial charge in [-0.2, -0.15) is 4.31 Å². The first kappa shape index (κ1) is 19.1. The zero-order chi connectivity index (χ0) is 18.6. The van der Waals surface area contributed by atoms with Crippen LogP contribution in [0.4, 0.5) is 0 Å². The summed E-state index contributed by atoms with van der Waals surface area (Å²) in [5, 5.41) is 0.279. The lowest BCUT2D eigenvalue weighted by atomic mass is 10.2. The minimum absolute atomic E-state index is 0.178. The topological polar surface area (TPSA) is 62.7 Å². The number of sulfonamides is 1. The van der Waals surface area contributed by atoms with Crippen molar-refractivity contribution in [3.05, 3.63) is 53.3 Å². The number of hydrogen-bond acceptors (Lipinski definition) is 5. The molecule has 1 aromatic carbocycles. The summed E-state index contributed by atoms with van der Waals surface area (Å²) in [4.78, 5) is 6.29. The predicted molar refractivity (Wildman–Crippen MR) is 101 cm³/mol. The molecule has 0 atom stereocenters. The van der Waals surface area contributed by atoms with Gasteiger partial charge in [-0.05, 0) is 25.1 Å². The highest BCUT2D eigenvalue weighted by Gasteiger charge is 2.29. The molecule has 0 amide bonds. The molecule has 0 N–H and O–H groups in total. The van der Waals surface area contributed by atoms with E-state index in [0.717, 1.165) is 17.9 Å². The Morgan fingerprint density at radius 3 is 2.50 bits per heavy atom. The summed E-state index contributed by atoms with van der Waals surface area (Å²) in [5.41, 5.74) is 1.12. The van der Waals surface area contributed by atoms with E-state index >= 15 is 0 Å². The Balaban J connectivity index is 1.63. The van der Waals surface area contributed by atoms with Crippen LogP contribution in [0.3, 0.4) is 0 Å². The number of piperazine rings is 1. The highest BCUT2D eigenvalue weighted by Crippen LogP contribution is 2.22. The Morgan fingerprint density at radius 2 is 1.85 bits per heavy atom. The fraction of sp³-hybridized carbons (Fsp3) is 0.389. The van der Waals surface area contributed by atoms with Gasteiger partial charge in [0.15, 0.2) is 0 Å². The number of benzene rings is 1. The molecule has 0 bridgehead atoms. The van der Waals surface area contributed by atoms with Gasteiger partial charge in [0, 0.05) is 44.5 Å². The van der Waals surface area contributed by atoms with E-state index in [1.807, 2.05) is 31.2 Å². The third-order valence-corrected chi connectivity index (χ3v) is 6.44. The van der Waals surface area contributed by atoms with Crippen molar-refractivity contribution in [2.45, 2.75) is 18.4 Å². The van der Waals surface area contributed by atoms with E-state index in [-0.39, 0.29) is 10.0 Å². The highest BCUT2D eigenvalue weighted by atomic mass is 35.5. The summed E-state index contributed by atoms with van der Waals surface area (Å²) in [5.74, 6) is 0.886. The molecule has 8 heteroatoms. The van der Waals surface area contributed by atoms with Crippen molar-refractivity contribution in [2.24, 2.45) is 0 Å². The number of nitrogens with zero attached hydrogens (tertiary/aromatic N) is 3. The average molecular weight is 396 g/mol.